The lowest BCUT2D eigenvalue weighted by molar-refractivity contribution is -0.122. The van der Waals surface area contributed by atoms with Crippen LogP contribution in [0.2, 0.25) is 0 Å². The Balaban J connectivity index is 3.74. The van der Waals surface area contributed by atoms with Gasteiger partial charge < -0.3 is 10.2 Å². The van der Waals surface area contributed by atoms with Crippen LogP contribution >= 0.6 is 0 Å². The van der Waals surface area contributed by atoms with Crippen LogP contribution in [0.5, 0.6) is 0 Å². The summed E-state index contributed by atoms with van der Waals surface area (Å²) in [5, 5.41) is 3.00. The average molecular weight is 186 g/mol. The second-order valence-electron chi connectivity index (χ2n) is 4.34. The number of hydrogen-bond donors (Lipinski definition) is 1. The van der Waals surface area contributed by atoms with Gasteiger partial charge in [0, 0.05) is 18.5 Å². The second-order valence-corrected chi connectivity index (χ2v) is 4.34. The minimum absolute atomic E-state index is 0.0661. The molecule has 0 heterocycles. The zero-order chi connectivity index (χ0) is 10.5. The van der Waals surface area contributed by atoms with E-state index in [4.69, 9.17) is 0 Å². The maximum absolute atomic E-state index is 11.4. The molecule has 0 bridgehead atoms. The van der Waals surface area contributed by atoms with Gasteiger partial charge in [0.05, 0.1) is 0 Å². The van der Waals surface area contributed by atoms with Crippen LogP contribution in [0.3, 0.4) is 0 Å². The molecular formula is C10H22N2O. The number of rotatable bonds is 5. The fourth-order valence-electron chi connectivity index (χ4n) is 0.853. The topological polar surface area (TPSA) is 32.3 Å². The fourth-order valence-corrected chi connectivity index (χ4v) is 0.853. The van der Waals surface area contributed by atoms with Gasteiger partial charge in [0.15, 0.2) is 0 Å². The van der Waals surface area contributed by atoms with E-state index < -0.39 is 0 Å². The van der Waals surface area contributed by atoms with Crippen molar-refractivity contribution in [3.05, 3.63) is 0 Å². The summed E-state index contributed by atoms with van der Waals surface area (Å²) in [4.78, 5) is 13.4. The van der Waals surface area contributed by atoms with Crippen molar-refractivity contribution in [3.8, 4) is 0 Å². The van der Waals surface area contributed by atoms with Crippen molar-refractivity contribution >= 4 is 5.91 Å². The van der Waals surface area contributed by atoms with E-state index in [0.717, 1.165) is 13.0 Å². The monoisotopic (exact) mass is 186 g/mol. The van der Waals surface area contributed by atoms with Gasteiger partial charge in [-0.3, -0.25) is 4.79 Å². The Morgan fingerprint density at radius 1 is 1.38 bits per heavy atom. The Morgan fingerprint density at radius 2 is 1.92 bits per heavy atom. The molecule has 0 spiro atoms. The van der Waals surface area contributed by atoms with Crippen molar-refractivity contribution < 1.29 is 4.79 Å². The van der Waals surface area contributed by atoms with Crippen molar-refractivity contribution in [3.63, 3.8) is 0 Å². The second kappa shape index (κ2) is 5.22. The molecule has 0 saturated carbocycles. The predicted octanol–water partition coefficient (Wildman–Crippen LogP) is 1.24. The van der Waals surface area contributed by atoms with Crippen molar-refractivity contribution in [2.24, 2.45) is 0 Å². The van der Waals surface area contributed by atoms with Gasteiger partial charge in [0.25, 0.3) is 0 Å². The highest BCUT2D eigenvalue weighted by atomic mass is 16.1. The average Bonchev–Trinajstić information content (AvgIpc) is 2.00. The molecule has 0 aromatic rings. The molecule has 0 rings (SSSR count). The summed E-state index contributed by atoms with van der Waals surface area (Å²) in [6.45, 7) is 6.97. The zero-order valence-electron chi connectivity index (χ0n) is 9.48. The first-order valence-corrected chi connectivity index (χ1v) is 4.83. The standard InChI is InChI=1S/C10H22N2O/c1-6-10(2,3)11-9(13)7-8-12(4)5/h6-8H2,1-5H3,(H,11,13). The third-order valence-electron chi connectivity index (χ3n) is 2.15. The molecule has 0 aromatic carbocycles. The molecule has 0 aliphatic rings. The third kappa shape index (κ3) is 6.58. The summed E-state index contributed by atoms with van der Waals surface area (Å²) in [6.07, 6.45) is 1.54. The molecule has 0 aromatic heterocycles. The minimum Gasteiger partial charge on any atom is -0.351 e. The molecule has 78 valence electrons. The minimum atomic E-state index is -0.0661. The Kier molecular flexibility index (Phi) is 4.99. The lowest BCUT2D eigenvalue weighted by atomic mass is 10.0. The molecule has 13 heavy (non-hydrogen) atoms. The highest BCUT2D eigenvalue weighted by molar-refractivity contribution is 5.76. The van der Waals surface area contributed by atoms with Crippen LogP contribution in [0.25, 0.3) is 0 Å². The van der Waals surface area contributed by atoms with E-state index >= 15 is 0 Å². The predicted molar refractivity (Wildman–Crippen MR) is 55.7 cm³/mol. The molecule has 0 aliphatic carbocycles. The largest absolute Gasteiger partial charge is 0.351 e. The number of nitrogens with one attached hydrogen (secondary N) is 1. The molecule has 0 unspecified atom stereocenters. The maximum atomic E-state index is 11.4. The summed E-state index contributed by atoms with van der Waals surface area (Å²) in [6, 6.07) is 0. The SMILES string of the molecule is CCC(C)(C)NC(=O)CCN(C)C. The number of carbonyl (C=O) groups is 1. The maximum Gasteiger partial charge on any atom is 0.221 e. The normalized spacial score (nSPS) is 11.8. The van der Waals surface area contributed by atoms with Gasteiger partial charge in [-0.2, -0.15) is 0 Å². The molecule has 1 N–H and O–H groups in total. The van der Waals surface area contributed by atoms with E-state index in [0.29, 0.717) is 6.42 Å². The molecule has 0 atom stereocenters. The smallest absolute Gasteiger partial charge is 0.221 e. The van der Waals surface area contributed by atoms with Crippen molar-refractivity contribution in [2.45, 2.75) is 39.2 Å². The lowest BCUT2D eigenvalue weighted by Crippen LogP contribution is -2.43. The molecule has 3 heteroatoms. The van der Waals surface area contributed by atoms with Crippen LogP contribution in [0.15, 0.2) is 0 Å². The summed E-state index contributed by atoms with van der Waals surface area (Å²) in [7, 11) is 3.94. The molecule has 3 nitrogen and oxygen atoms in total. The first kappa shape index (κ1) is 12.4. The molecule has 0 aliphatic heterocycles. The van der Waals surface area contributed by atoms with Gasteiger partial charge in [-0.25, -0.2) is 0 Å². The van der Waals surface area contributed by atoms with Crippen LogP contribution < -0.4 is 5.32 Å². The zero-order valence-corrected chi connectivity index (χ0v) is 9.48. The van der Waals surface area contributed by atoms with Crippen LogP contribution in [0, 0.1) is 0 Å². The molecule has 0 saturated heterocycles. The quantitative estimate of drug-likeness (QED) is 0.700. The number of amides is 1. The fraction of sp³-hybridized carbons (Fsp3) is 0.900. The first-order chi connectivity index (χ1) is 5.87. The molecular weight excluding hydrogens is 164 g/mol. The van der Waals surface area contributed by atoms with Crippen LogP contribution in [-0.2, 0) is 4.79 Å². The van der Waals surface area contributed by atoms with Gasteiger partial charge in [-0.05, 0) is 34.4 Å². The van der Waals surface area contributed by atoms with E-state index in [1.807, 2.05) is 32.8 Å². The Hall–Kier alpha value is -0.570. The Morgan fingerprint density at radius 3 is 2.31 bits per heavy atom. The number of hydrogen-bond acceptors (Lipinski definition) is 2. The van der Waals surface area contributed by atoms with E-state index in [9.17, 15) is 4.79 Å². The van der Waals surface area contributed by atoms with Crippen LogP contribution in [0.1, 0.15) is 33.6 Å². The lowest BCUT2D eigenvalue weighted by Gasteiger charge is -2.24. The van der Waals surface area contributed by atoms with Gasteiger partial charge in [0.1, 0.15) is 0 Å². The van der Waals surface area contributed by atoms with Crippen molar-refractivity contribution in [1.82, 2.24) is 10.2 Å². The summed E-state index contributed by atoms with van der Waals surface area (Å²) in [5.74, 6) is 0.139. The summed E-state index contributed by atoms with van der Waals surface area (Å²) >= 11 is 0. The number of nitrogens with zero attached hydrogens (tertiary/aromatic N) is 1. The van der Waals surface area contributed by atoms with Gasteiger partial charge in [-0.1, -0.05) is 6.92 Å². The van der Waals surface area contributed by atoms with Crippen LogP contribution in [-0.4, -0.2) is 37.0 Å². The summed E-state index contributed by atoms with van der Waals surface area (Å²) in [5.41, 5.74) is -0.0661. The summed E-state index contributed by atoms with van der Waals surface area (Å²) < 4.78 is 0. The van der Waals surface area contributed by atoms with Gasteiger partial charge in [-0.15, -0.1) is 0 Å². The molecule has 0 fully saturated rings. The highest BCUT2D eigenvalue weighted by Crippen LogP contribution is 2.06. The van der Waals surface area contributed by atoms with Crippen molar-refractivity contribution in [1.29, 1.82) is 0 Å². The Bertz CT molecular complexity index is 164. The van der Waals surface area contributed by atoms with Crippen molar-refractivity contribution in [2.75, 3.05) is 20.6 Å². The van der Waals surface area contributed by atoms with Gasteiger partial charge in [0.2, 0.25) is 5.91 Å². The van der Waals surface area contributed by atoms with E-state index in [1.165, 1.54) is 0 Å². The van der Waals surface area contributed by atoms with Gasteiger partial charge >= 0.3 is 0 Å². The van der Waals surface area contributed by atoms with E-state index in [1.54, 1.807) is 0 Å². The number of carbonyl (C=O) groups excluding carboxylic acids is 1. The first-order valence-electron chi connectivity index (χ1n) is 4.83. The Labute approximate surface area is 81.5 Å². The van der Waals surface area contributed by atoms with E-state index in [2.05, 4.69) is 12.2 Å². The third-order valence-corrected chi connectivity index (χ3v) is 2.15. The van der Waals surface area contributed by atoms with Crippen LogP contribution in [0.4, 0.5) is 0 Å². The highest BCUT2D eigenvalue weighted by Gasteiger charge is 2.17. The molecule has 0 radical (unpaired) electrons. The molecule has 1 amide bonds. The van der Waals surface area contributed by atoms with E-state index in [-0.39, 0.29) is 11.4 Å².